The number of hydrogen-bond acceptors (Lipinski definition) is 12. The monoisotopic (exact) mass is 712 g/mol. The zero-order valence-electron chi connectivity index (χ0n) is 27.6. The molecule has 49 heavy (non-hydrogen) atoms. The predicted molar refractivity (Wildman–Crippen MR) is 179 cm³/mol. The van der Waals surface area contributed by atoms with Gasteiger partial charge >= 0.3 is 11.9 Å². The van der Waals surface area contributed by atoms with E-state index in [1.165, 1.54) is 0 Å². The van der Waals surface area contributed by atoms with Gasteiger partial charge in [-0.15, -0.1) is 0 Å². The molecule has 8 N–H and O–H groups in total. The number of aliphatic hydroxyl groups excluding tert-OH is 4. The normalized spacial score (nSPS) is 26.2. The summed E-state index contributed by atoms with van der Waals surface area (Å²) < 4.78 is 21.6. The van der Waals surface area contributed by atoms with Crippen molar-refractivity contribution in [3.63, 3.8) is 0 Å². The Bertz CT molecular complexity index is 1250. The second kappa shape index (κ2) is 21.4. The summed E-state index contributed by atoms with van der Waals surface area (Å²) in [5, 5.41) is 62.9. The molecule has 0 aromatic heterocycles. The molecule has 3 aliphatic heterocycles. The molecule has 3 fully saturated rings. The lowest BCUT2D eigenvalue weighted by atomic mass is 9.90. The van der Waals surface area contributed by atoms with Crippen molar-refractivity contribution in [2.75, 3.05) is 53.2 Å². The van der Waals surface area contributed by atoms with E-state index >= 15 is 0 Å². The smallest absolute Gasteiger partial charge is 0.320 e. The molecular weight excluding hydrogens is 664 g/mol. The van der Waals surface area contributed by atoms with Gasteiger partial charge in [0.05, 0.1) is 26.4 Å². The first-order chi connectivity index (χ1) is 23.5. The molecule has 0 unspecified atom stereocenters. The number of aliphatic hydroxyl groups is 4. The number of ether oxygens (including phenoxy) is 4. The largest absolute Gasteiger partial charge is 0.491 e. The molecule has 14 nitrogen and oxygen atoms in total. The third kappa shape index (κ3) is 13.1. The Morgan fingerprint density at radius 1 is 0.857 bits per heavy atom. The Morgan fingerprint density at radius 3 is 1.98 bits per heavy atom. The van der Waals surface area contributed by atoms with Crippen LogP contribution in [0.5, 0.6) is 5.75 Å². The van der Waals surface area contributed by atoms with Gasteiger partial charge in [-0.2, -0.15) is 0 Å². The number of rotatable bonds is 13. The van der Waals surface area contributed by atoms with Gasteiger partial charge in [0.15, 0.2) is 0 Å². The molecule has 0 bridgehead atoms. The van der Waals surface area contributed by atoms with Crippen LogP contribution in [0.3, 0.4) is 0 Å². The van der Waals surface area contributed by atoms with Crippen molar-refractivity contribution in [3.8, 4) is 5.75 Å². The van der Waals surface area contributed by atoms with Gasteiger partial charge in [-0.1, -0.05) is 35.9 Å². The number of hydrogen-bond donors (Lipinski definition) is 8. The maximum atomic E-state index is 10.4. The molecule has 0 spiro atoms. The van der Waals surface area contributed by atoms with Crippen molar-refractivity contribution in [2.24, 2.45) is 0 Å². The highest BCUT2D eigenvalue weighted by Gasteiger charge is 2.44. The Kier molecular flexibility index (Phi) is 17.7. The molecule has 3 heterocycles. The minimum atomic E-state index is -1.43. The van der Waals surface area contributed by atoms with E-state index in [0.29, 0.717) is 43.4 Å². The van der Waals surface area contributed by atoms with E-state index in [1.807, 2.05) is 24.3 Å². The van der Waals surface area contributed by atoms with Gasteiger partial charge < -0.3 is 60.2 Å². The third-order valence-electron chi connectivity index (χ3n) is 8.25. The lowest BCUT2D eigenvalue weighted by Gasteiger charge is -2.40. The highest BCUT2D eigenvalue weighted by Crippen LogP contribution is 2.34. The SMILES string of the molecule is COCCOCCOc1ccc(Cc2cc([C@@H]3O[C@H](CO)[C@@H](O)[C@H](O)[C@H]3O)ccc2Cl)cc1.O=C(O)[C@@H]1CCCN1.O=C(O)[C@@H]1CCCN1. The van der Waals surface area contributed by atoms with Gasteiger partial charge in [0.2, 0.25) is 0 Å². The summed E-state index contributed by atoms with van der Waals surface area (Å²) in [5.74, 6) is -0.708. The summed E-state index contributed by atoms with van der Waals surface area (Å²) in [6.45, 7) is 3.24. The Hall–Kier alpha value is -2.89. The topological polar surface area (TPSA) is 216 Å². The number of carboxylic acids is 2. The van der Waals surface area contributed by atoms with Gasteiger partial charge in [0.25, 0.3) is 0 Å². The molecule has 3 saturated heterocycles. The zero-order valence-corrected chi connectivity index (χ0v) is 28.3. The Balaban J connectivity index is 0.000000329. The average molecular weight is 713 g/mol. The fraction of sp³-hybridized carbons (Fsp3) is 0.588. The maximum Gasteiger partial charge on any atom is 0.320 e. The third-order valence-corrected chi connectivity index (χ3v) is 8.62. The fourth-order valence-electron chi connectivity index (χ4n) is 5.46. The summed E-state index contributed by atoms with van der Waals surface area (Å²) in [6, 6.07) is 12.3. The van der Waals surface area contributed by atoms with Crippen LogP contribution in [0.15, 0.2) is 42.5 Å². The number of carbonyl (C=O) groups is 2. The molecule has 0 saturated carbocycles. The van der Waals surface area contributed by atoms with Gasteiger partial charge in [-0.3, -0.25) is 9.59 Å². The molecular formula is C34H49ClN2O12. The molecule has 5 rings (SSSR count). The van der Waals surface area contributed by atoms with Crippen LogP contribution in [0.25, 0.3) is 0 Å². The van der Waals surface area contributed by atoms with E-state index in [4.69, 9.17) is 40.8 Å². The van der Waals surface area contributed by atoms with Crippen molar-refractivity contribution in [3.05, 3.63) is 64.2 Å². The quantitative estimate of drug-likeness (QED) is 0.137. The van der Waals surface area contributed by atoms with E-state index < -0.39 is 49.1 Å². The van der Waals surface area contributed by atoms with Crippen molar-refractivity contribution < 1.29 is 59.2 Å². The molecule has 3 aliphatic rings. The van der Waals surface area contributed by atoms with Gasteiger partial charge in [0.1, 0.15) is 55.0 Å². The minimum absolute atomic E-state index is 0.269. The van der Waals surface area contributed by atoms with Crippen LogP contribution < -0.4 is 15.4 Å². The molecule has 0 amide bonds. The summed E-state index contributed by atoms with van der Waals surface area (Å²) in [6.07, 6.45) is -1.94. The minimum Gasteiger partial charge on any atom is -0.491 e. The molecule has 2 aromatic rings. The second-order valence-electron chi connectivity index (χ2n) is 11.8. The van der Waals surface area contributed by atoms with Crippen molar-refractivity contribution in [2.45, 2.75) is 74.7 Å². The molecule has 0 radical (unpaired) electrons. The van der Waals surface area contributed by atoms with Crippen molar-refractivity contribution in [1.29, 1.82) is 0 Å². The Labute approximate surface area is 290 Å². The van der Waals surface area contributed by atoms with Gasteiger partial charge in [0, 0.05) is 12.1 Å². The first-order valence-corrected chi connectivity index (χ1v) is 16.7. The second-order valence-corrected chi connectivity index (χ2v) is 12.3. The number of aliphatic carboxylic acids is 2. The van der Waals surface area contributed by atoms with Crippen molar-refractivity contribution >= 4 is 23.5 Å². The lowest BCUT2D eigenvalue weighted by Crippen LogP contribution is -2.55. The molecule has 15 heteroatoms. The zero-order chi connectivity index (χ0) is 35.8. The van der Waals surface area contributed by atoms with Crippen LogP contribution in [-0.2, 0) is 30.2 Å². The first-order valence-electron chi connectivity index (χ1n) is 16.3. The van der Waals surface area contributed by atoms with E-state index in [9.17, 15) is 30.0 Å². The summed E-state index contributed by atoms with van der Waals surface area (Å²) in [7, 11) is 1.63. The first kappa shape index (κ1) is 40.5. The van der Waals surface area contributed by atoms with E-state index in [2.05, 4.69) is 10.6 Å². The van der Waals surface area contributed by atoms with E-state index in [0.717, 1.165) is 55.6 Å². The summed E-state index contributed by atoms with van der Waals surface area (Å²) in [5.41, 5.74) is 2.41. The van der Waals surface area contributed by atoms with Crippen molar-refractivity contribution in [1.82, 2.24) is 10.6 Å². The Morgan fingerprint density at radius 2 is 1.47 bits per heavy atom. The summed E-state index contributed by atoms with van der Waals surface area (Å²) in [4.78, 5) is 20.3. The number of methoxy groups -OCH3 is 1. The average Bonchev–Trinajstić information content (AvgIpc) is 3.84. The maximum absolute atomic E-state index is 10.4. The molecule has 0 aliphatic carbocycles. The van der Waals surface area contributed by atoms with Crippen LogP contribution in [0.4, 0.5) is 0 Å². The molecule has 274 valence electrons. The van der Waals surface area contributed by atoms with Crippen LogP contribution in [0, 0.1) is 0 Å². The van der Waals surface area contributed by atoms with Gasteiger partial charge in [-0.05, 0) is 80.1 Å². The predicted octanol–water partition coefficient (Wildman–Crippen LogP) is 1.13. The fourth-order valence-corrected chi connectivity index (χ4v) is 5.65. The van der Waals surface area contributed by atoms with E-state index in [-0.39, 0.29) is 12.1 Å². The highest BCUT2D eigenvalue weighted by molar-refractivity contribution is 6.31. The number of benzene rings is 2. The van der Waals surface area contributed by atoms with Gasteiger partial charge in [-0.25, -0.2) is 0 Å². The number of halogens is 1. The number of nitrogens with one attached hydrogen (secondary N) is 2. The van der Waals surface area contributed by atoms with Crippen LogP contribution >= 0.6 is 11.6 Å². The van der Waals surface area contributed by atoms with Crippen LogP contribution in [0.1, 0.15) is 48.5 Å². The van der Waals surface area contributed by atoms with E-state index in [1.54, 1.807) is 25.3 Å². The lowest BCUT2D eigenvalue weighted by molar-refractivity contribution is -0.231. The van der Waals surface area contributed by atoms with Crippen LogP contribution in [0.2, 0.25) is 5.02 Å². The van der Waals surface area contributed by atoms with Crippen LogP contribution in [-0.4, -0.2) is 132 Å². The standard InChI is InChI=1S/C24H31ClO8.2C5H9NO2/c1-30-8-9-31-10-11-32-18-5-2-15(3-6-18)12-17-13-16(4-7-19(17)25)24-23(29)22(28)21(27)20(14-26)33-24;2*7-5(8)4-2-1-3-6-4/h2-7,13,20-24,26-29H,8-12,14H2,1H3;2*4,6H,1-3H2,(H,7,8)/t20-,21-,22+,23-,24+;2*4-/m100/s1. The number of carboxylic acid groups (broad SMARTS) is 2. The summed E-state index contributed by atoms with van der Waals surface area (Å²) >= 11 is 6.40. The molecule has 7 atom stereocenters. The molecule has 2 aromatic carbocycles. The highest BCUT2D eigenvalue weighted by atomic mass is 35.5.